The van der Waals surface area contributed by atoms with Crippen LogP contribution in [0.15, 0.2) is 54.6 Å². The maximum atomic E-state index is 11.6. The van der Waals surface area contributed by atoms with E-state index in [0.29, 0.717) is 6.61 Å². The molecule has 0 unspecified atom stereocenters. The van der Waals surface area contributed by atoms with Gasteiger partial charge in [-0.05, 0) is 17.7 Å². The Morgan fingerprint density at radius 1 is 1.10 bits per heavy atom. The second-order valence-corrected chi connectivity index (χ2v) is 4.94. The Bertz CT molecular complexity index is 582. The molecular weight excluding hydrogens is 264 g/mol. The van der Waals surface area contributed by atoms with Gasteiger partial charge in [-0.2, -0.15) is 0 Å². The van der Waals surface area contributed by atoms with Crippen molar-refractivity contribution in [2.24, 2.45) is 0 Å². The predicted molar refractivity (Wildman–Crippen MR) is 84.8 cm³/mol. The van der Waals surface area contributed by atoms with Gasteiger partial charge in [-0.3, -0.25) is 0 Å². The van der Waals surface area contributed by atoms with Gasteiger partial charge >= 0.3 is 6.03 Å². The fraction of sp³-hybridized carbons (Fsp3) is 0.235. The first kappa shape index (κ1) is 14.9. The van der Waals surface area contributed by atoms with E-state index in [4.69, 9.17) is 4.74 Å². The molecule has 0 saturated heterocycles. The Labute approximate surface area is 125 Å². The lowest BCUT2D eigenvalue weighted by atomic mass is 10.2. The minimum atomic E-state index is -0.156. The largest absolute Gasteiger partial charge is 0.493 e. The van der Waals surface area contributed by atoms with E-state index >= 15 is 0 Å². The number of rotatable bonds is 5. The fourth-order valence-corrected chi connectivity index (χ4v) is 1.83. The van der Waals surface area contributed by atoms with Gasteiger partial charge in [0.25, 0.3) is 0 Å². The molecule has 0 aliphatic rings. The van der Waals surface area contributed by atoms with Gasteiger partial charge in [-0.15, -0.1) is 0 Å². The molecule has 0 aromatic heterocycles. The van der Waals surface area contributed by atoms with Crippen LogP contribution in [-0.4, -0.2) is 31.6 Å². The molecule has 2 aromatic carbocycles. The lowest BCUT2D eigenvalue weighted by molar-refractivity contribution is 0.230. The number of anilines is 1. The molecular formula is C17H20N2O2. The number of carbonyl (C=O) groups excluding carboxylic acids is 1. The van der Waals surface area contributed by atoms with E-state index in [0.717, 1.165) is 17.9 Å². The first-order valence-electron chi connectivity index (χ1n) is 6.90. The van der Waals surface area contributed by atoms with Gasteiger partial charge in [0.05, 0.1) is 6.61 Å². The molecule has 110 valence electrons. The van der Waals surface area contributed by atoms with Crippen LogP contribution in [0.3, 0.4) is 0 Å². The summed E-state index contributed by atoms with van der Waals surface area (Å²) in [6, 6.07) is 17.5. The molecule has 21 heavy (non-hydrogen) atoms. The van der Waals surface area contributed by atoms with Gasteiger partial charge in [0.2, 0.25) is 0 Å². The number of benzene rings is 2. The van der Waals surface area contributed by atoms with Crippen molar-refractivity contribution >= 4 is 11.7 Å². The summed E-state index contributed by atoms with van der Waals surface area (Å²) in [7, 11) is 3.41. The molecule has 4 nitrogen and oxygen atoms in total. The van der Waals surface area contributed by atoms with Crippen molar-refractivity contribution in [2.75, 3.05) is 26.0 Å². The number of urea groups is 1. The van der Waals surface area contributed by atoms with Gasteiger partial charge < -0.3 is 15.0 Å². The third-order valence-electron chi connectivity index (χ3n) is 2.99. The van der Waals surface area contributed by atoms with E-state index in [1.165, 1.54) is 10.5 Å². The number of nitrogens with one attached hydrogen (secondary N) is 1. The molecule has 0 heterocycles. The zero-order valence-electron chi connectivity index (χ0n) is 12.4. The predicted octanol–water partition coefficient (Wildman–Crippen LogP) is 3.40. The number of hydrogen-bond donors (Lipinski definition) is 1. The van der Waals surface area contributed by atoms with E-state index in [2.05, 4.69) is 17.4 Å². The Balaban J connectivity index is 1.88. The van der Waals surface area contributed by atoms with Crippen LogP contribution in [0, 0.1) is 0 Å². The molecule has 0 aliphatic heterocycles. The third kappa shape index (κ3) is 4.84. The highest BCUT2D eigenvalue weighted by Gasteiger charge is 2.04. The van der Waals surface area contributed by atoms with Crippen LogP contribution >= 0.6 is 0 Å². The zero-order valence-corrected chi connectivity index (χ0v) is 12.4. The summed E-state index contributed by atoms with van der Waals surface area (Å²) < 4.78 is 5.73. The quantitative estimate of drug-likeness (QED) is 0.914. The van der Waals surface area contributed by atoms with Crippen molar-refractivity contribution in [2.45, 2.75) is 6.42 Å². The Kier molecular flexibility index (Phi) is 5.21. The van der Waals surface area contributed by atoms with Gasteiger partial charge in [-0.25, -0.2) is 4.79 Å². The fourth-order valence-electron chi connectivity index (χ4n) is 1.83. The molecule has 2 amide bonds. The van der Waals surface area contributed by atoms with E-state index in [-0.39, 0.29) is 6.03 Å². The lowest BCUT2D eigenvalue weighted by Crippen LogP contribution is -2.27. The number of hydrogen-bond acceptors (Lipinski definition) is 2. The van der Waals surface area contributed by atoms with Crippen LogP contribution in [0.25, 0.3) is 0 Å². The van der Waals surface area contributed by atoms with Crippen molar-refractivity contribution in [1.82, 2.24) is 4.90 Å². The van der Waals surface area contributed by atoms with Gasteiger partial charge in [-0.1, -0.05) is 36.4 Å². The van der Waals surface area contributed by atoms with Gasteiger partial charge in [0.1, 0.15) is 5.75 Å². The maximum absolute atomic E-state index is 11.6. The summed E-state index contributed by atoms with van der Waals surface area (Å²) in [6.45, 7) is 0.606. The lowest BCUT2D eigenvalue weighted by Gasteiger charge is -2.13. The first-order valence-corrected chi connectivity index (χ1v) is 6.90. The normalized spacial score (nSPS) is 10.0. The Morgan fingerprint density at radius 3 is 2.57 bits per heavy atom. The molecule has 0 aliphatic carbocycles. The highest BCUT2D eigenvalue weighted by Crippen LogP contribution is 2.18. The third-order valence-corrected chi connectivity index (χ3v) is 2.99. The molecule has 2 aromatic rings. The average Bonchev–Trinajstić information content (AvgIpc) is 2.48. The number of ether oxygens (including phenoxy) is 1. The minimum Gasteiger partial charge on any atom is -0.493 e. The average molecular weight is 284 g/mol. The van der Waals surface area contributed by atoms with E-state index in [1.807, 2.05) is 42.5 Å². The SMILES string of the molecule is CN(C)C(=O)Nc1cccc(OCCc2ccccc2)c1. The van der Waals surface area contributed by atoms with Crippen LogP contribution in [-0.2, 0) is 6.42 Å². The Morgan fingerprint density at radius 2 is 1.86 bits per heavy atom. The topological polar surface area (TPSA) is 41.6 Å². The molecule has 2 rings (SSSR count). The van der Waals surface area contributed by atoms with E-state index in [1.54, 1.807) is 14.1 Å². The highest BCUT2D eigenvalue weighted by molar-refractivity contribution is 5.89. The number of carbonyl (C=O) groups is 1. The molecule has 0 saturated carbocycles. The standard InChI is InChI=1S/C17H20N2O2/c1-19(2)17(20)18-15-9-6-10-16(13-15)21-12-11-14-7-4-3-5-8-14/h3-10,13H,11-12H2,1-2H3,(H,18,20). The maximum Gasteiger partial charge on any atom is 0.321 e. The van der Waals surface area contributed by atoms with Crippen LogP contribution in [0.2, 0.25) is 0 Å². The van der Waals surface area contributed by atoms with Gasteiger partial charge in [0, 0.05) is 32.3 Å². The van der Waals surface area contributed by atoms with Gasteiger partial charge in [0.15, 0.2) is 0 Å². The smallest absolute Gasteiger partial charge is 0.321 e. The minimum absolute atomic E-state index is 0.156. The molecule has 0 radical (unpaired) electrons. The molecule has 0 spiro atoms. The van der Waals surface area contributed by atoms with Crippen molar-refractivity contribution in [3.05, 3.63) is 60.2 Å². The van der Waals surface area contributed by atoms with Crippen LogP contribution in [0.4, 0.5) is 10.5 Å². The molecule has 0 atom stereocenters. The van der Waals surface area contributed by atoms with Crippen molar-refractivity contribution < 1.29 is 9.53 Å². The van der Waals surface area contributed by atoms with Crippen molar-refractivity contribution in [3.8, 4) is 5.75 Å². The summed E-state index contributed by atoms with van der Waals surface area (Å²) in [5.41, 5.74) is 1.97. The second-order valence-electron chi connectivity index (χ2n) is 4.94. The zero-order chi connectivity index (χ0) is 15.1. The summed E-state index contributed by atoms with van der Waals surface area (Å²) >= 11 is 0. The first-order chi connectivity index (χ1) is 10.1. The summed E-state index contributed by atoms with van der Waals surface area (Å²) in [4.78, 5) is 13.1. The second kappa shape index (κ2) is 7.33. The summed E-state index contributed by atoms with van der Waals surface area (Å²) in [5.74, 6) is 0.752. The molecule has 1 N–H and O–H groups in total. The molecule has 4 heteroatoms. The summed E-state index contributed by atoms with van der Waals surface area (Å²) in [6.07, 6.45) is 0.856. The van der Waals surface area contributed by atoms with E-state index in [9.17, 15) is 4.79 Å². The van der Waals surface area contributed by atoms with Crippen molar-refractivity contribution in [1.29, 1.82) is 0 Å². The monoisotopic (exact) mass is 284 g/mol. The van der Waals surface area contributed by atoms with E-state index < -0.39 is 0 Å². The highest BCUT2D eigenvalue weighted by atomic mass is 16.5. The Hall–Kier alpha value is -2.49. The molecule has 0 fully saturated rings. The number of amides is 2. The van der Waals surface area contributed by atoms with Crippen LogP contribution < -0.4 is 10.1 Å². The number of nitrogens with zero attached hydrogens (tertiary/aromatic N) is 1. The van der Waals surface area contributed by atoms with Crippen LogP contribution in [0.5, 0.6) is 5.75 Å². The summed E-state index contributed by atoms with van der Waals surface area (Å²) in [5, 5.41) is 2.80. The van der Waals surface area contributed by atoms with Crippen LogP contribution in [0.1, 0.15) is 5.56 Å². The molecule has 0 bridgehead atoms. The van der Waals surface area contributed by atoms with Crippen molar-refractivity contribution in [3.63, 3.8) is 0 Å².